The van der Waals surface area contributed by atoms with E-state index in [9.17, 15) is 0 Å². The Morgan fingerprint density at radius 1 is 1.07 bits per heavy atom. The third kappa shape index (κ3) is 3.37. The molecule has 1 N–H and O–H groups in total. The molecule has 2 aromatic carbocycles. The predicted molar refractivity (Wildman–Crippen MR) is 109 cm³/mol. The summed E-state index contributed by atoms with van der Waals surface area (Å²) in [7, 11) is 0. The number of hydrogen-bond acceptors (Lipinski definition) is 6. The lowest BCUT2D eigenvalue weighted by atomic mass is 9.98. The van der Waals surface area contributed by atoms with Crippen molar-refractivity contribution >= 4 is 17.4 Å². The lowest BCUT2D eigenvalue weighted by Crippen LogP contribution is -2.19. The highest BCUT2D eigenvalue weighted by Crippen LogP contribution is 2.40. The molecule has 1 atom stereocenters. The van der Waals surface area contributed by atoms with Gasteiger partial charge in [-0.2, -0.15) is 4.98 Å². The molecule has 1 aliphatic heterocycles. The van der Waals surface area contributed by atoms with Crippen molar-refractivity contribution in [3.8, 4) is 17.1 Å². The van der Waals surface area contributed by atoms with Crippen LogP contribution in [-0.4, -0.2) is 20.9 Å². The smallest absolute Gasteiger partial charge is 0.247 e. The van der Waals surface area contributed by atoms with Crippen LogP contribution in [0.15, 0.2) is 41.6 Å². The summed E-state index contributed by atoms with van der Waals surface area (Å²) in [4.78, 5) is 4.64. The van der Waals surface area contributed by atoms with Crippen molar-refractivity contribution in [3.05, 3.63) is 58.7 Å². The highest BCUT2D eigenvalue weighted by molar-refractivity contribution is 7.99. The minimum absolute atomic E-state index is 0.343. The second-order valence-electron chi connectivity index (χ2n) is 6.68. The average Bonchev–Trinajstić information content (AvgIpc) is 2.77. The standard InChI is InChI=1S/C21H22N4OS/c1-5-27-21-23-20-18(24-25-21)15-8-6-7-9-16(15)22-19(26-20)17-13(3)10-12(2)11-14(17)4/h6-11,19,22H,5H2,1-4H3/t19-/m1/s1. The summed E-state index contributed by atoms with van der Waals surface area (Å²) in [6.45, 7) is 8.42. The number of anilines is 1. The highest BCUT2D eigenvalue weighted by Gasteiger charge is 2.27. The molecule has 0 fully saturated rings. The number of hydrogen-bond donors (Lipinski definition) is 1. The Labute approximate surface area is 163 Å². The molecule has 0 unspecified atom stereocenters. The fraction of sp³-hybridized carbons (Fsp3) is 0.286. The van der Waals surface area contributed by atoms with Gasteiger partial charge in [0.2, 0.25) is 11.0 Å². The molecule has 0 radical (unpaired) electrons. The van der Waals surface area contributed by atoms with Crippen LogP contribution >= 0.6 is 11.8 Å². The molecule has 5 nitrogen and oxygen atoms in total. The summed E-state index contributed by atoms with van der Waals surface area (Å²) in [6, 6.07) is 12.4. The van der Waals surface area contributed by atoms with Gasteiger partial charge in [0, 0.05) is 16.8 Å². The van der Waals surface area contributed by atoms with E-state index >= 15 is 0 Å². The third-order valence-electron chi connectivity index (χ3n) is 4.61. The Bertz CT molecular complexity index is 982. The summed E-state index contributed by atoms with van der Waals surface area (Å²) in [5.74, 6) is 1.40. The van der Waals surface area contributed by atoms with Gasteiger partial charge in [0.1, 0.15) is 0 Å². The van der Waals surface area contributed by atoms with Gasteiger partial charge in [-0.15, -0.1) is 10.2 Å². The van der Waals surface area contributed by atoms with E-state index in [2.05, 4.69) is 60.3 Å². The number of ether oxygens (including phenoxy) is 1. The van der Waals surface area contributed by atoms with Crippen molar-refractivity contribution in [2.24, 2.45) is 0 Å². The van der Waals surface area contributed by atoms with Crippen molar-refractivity contribution in [1.82, 2.24) is 15.2 Å². The van der Waals surface area contributed by atoms with Crippen LogP contribution in [-0.2, 0) is 0 Å². The Morgan fingerprint density at radius 3 is 2.56 bits per heavy atom. The van der Waals surface area contributed by atoms with Crippen molar-refractivity contribution < 1.29 is 4.74 Å². The van der Waals surface area contributed by atoms with E-state index in [1.54, 1.807) is 11.8 Å². The maximum absolute atomic E-state index is 6.38. The molecule has 2 heterocycles. The average molecular weight is 379 g/mol. The van der Waals surface area contributed by atoms with Gasteiger partial charge in [0.25, 0.3) is 0 Å². The van der Waals surface area contributed by atoms with Crippen LogP contribution in [0.4, 0.5) is 5.69 Å². The first kappa shape index (κ1) is 17.8. The molecule has 4 rings (SSSR count). The molecule has 0 amide bonds. The zero-order valence-corrected chi connectivity index (χ0v) is 16.7. The minimum atomic E-state index is -0.343. The van der Waals surface area contributed by atoms with Crippen LogP contribution in [0, 0.1) is 20.8 Å². The van der Waals surface area contributed by atoms with Crippen LogP contribution in [0.2, 0.25) is 0 Å². The topological polar surface area (TPSA) is 59.9 Å². The molecule has 0 saturated heterocycles. The number of benzene rings is 2. The van der Waals surface area contributed by atoms with Gasteiger partial charge < -0.3 is 10.1 Å². The van der Waals surface area contributed by atoms with Crippen LogP contribution in [0.25, 0.3) is 11.3 Å². The Balaban J connectivity index is 1.87. The second-order valence-corrected chi connectivity index (χ2v) is 7.91. The molecular weight excluding hydrogens is 356 g/mol. The quantitative estimate of drug-likeness (QED) is 0.642. The number of fused-ring (bicyclic) bond motifs is 3. The van der Waals surface area contributed by atoms with Crippen molar-refractivity contribution in [2.75, 3.05) is 11.1 Å². The molecule has 6 heteroatoms. The molecular formula is C21H22N4OS. The Hall–Kier alpha value is -2.60. The van der Waals surface area contributed by atoms with E-state index in [0.717, 1.165) is 22.6 Å². The second kappa shape index (κ2) is 7.19. The van der Waals surface area contributed by atoms with Crippen LogP contribution in [0.3, 0.4) is 0 Å². The van der Waals surface area contributed by atoms with E-state index in [4.69, 9.17) is 4.74 Å². The third-order valence-corrected chi connectivity index (χ3v) is 5.33. The van der Waals surface area contributed by atoms with Gasteiger partial charge in [-0.1, -0.05) is 54.6 Å². The highest BCUT2D eigenvalue weighted by atomic mass is 32.2. The molecule has 1 aliphatic rings. The lowest BCUT2D eigenvalue weighted by Gasteiger charge is -2.23. The summed E-state index contributed by atoms with van der Waals surface area (Å²) in [5.41, 5.74) is 7.34. The normalized spacial score (nSPS) is 15.2. The minimum Gasteiger partial charge on any atom is -0.448 e. The number of thioether (sulfide) groups is 1. The monoisotopic (exact) mass is 378 g/mol. The fourth-order valence-corrected chi connectivity index (χ4v) is 4.08. The lowest BCUT2D eigenvalue weighted by molar-refractivity contribution is 0.224. The maximum atomic E-state index is 6.38. The van der Waals surface area contributed by atoms with Crippen LogP contribution in [0.5, 0.6) is 5.88 Å². The van der Waals surface area contributed by atoms with Crippen LogP contribution in [0.1, 0.15) is 35.4 Å². The fourth-order valence-electron chi connectivity index (χ4n) is 3.57. The number of aromatic nitrogens is 3. The predicted octanol–water partition coefficient (Wildman–Crippen LogP) is 5.08. The number of nitrogens with zero attached hydrogens (tertiary/aromatic N) is 3. The zero-order valence-electron chi connectivity index (χ0n) is 15.9. The van der Waals surface area contributed by atoms with Crippen LogP contribution < -0.4 is 10.1 Å². The van der Waals surface area contributed by atoms with Crippen molar-refractivity contribution in [1.29, 1.82) is 0 Å². The molecule has 3 aromatic rings. The largest absolute Gasteiger partial charge is 0.448 e. The molecule has 1 aromatic heterocycles. The first-order chi connectivity index (χ1) is 13.1. The first-order valence-corrected chi connectivity index (χ1v) is 10.0. The van der Waals surface area contributed by atoms with E-state index in [-0.39, 0.29) is 6.23 Å². The van der Waals surface area contributed by atoms with Gasteiger partial charge in [-0.3, -0.25) is 0 Å². The zero-order chi connectivity index (χ0) is 19.0. The Kier molecular flexibility index (Phi) is 4.74. The number of para-hydroxylation sites is 1. The van der Waals surface area contributed by atoms with Gasteiger partial charge in [-0.05, 0) is 43.7 Å². The molecule has 0 spiro atoms. The molecule has 0 aliphatic carbocycles. The number of rotatable bonds is 3. The summed E-state index contributed by atoms with van der Waals surface area (Å²) in [5, 5.41) is 12.9. The van der Waals surface area contributed by atoms with Gasteiger partial charge in [0.15, 0.2) is 11.9 Å². The molecule has 138 valence electrons. The maximum Gasteiger partial charge on any atom is 0.247 e. The number of aryl methyl sites for hydroxylation is 3. The van der Waals surface area contributed by atoms with E-state index in [1.165, 1.54) is 16.7 Å². The van der Waals surface area contributed by atoms with E-state index in [0.29, 0.717) is 16.7 Å². The van der Waals surface area contributed by atoms with Gasteiger partial charge in [0.05, 0.1) is 0 Å². The van der Waals surface area contributed by atoms with Crippen molar-refractivity contribution in [2.45, 2.75) is 39.1 Å². The van der Waals surface area contributed by atoms with Crippen molar-refractivity contribution in [3.63, 3.8) is 0 Å². The number of nitrogens with one attached hydrogen (secondary N) is 1. The molecule has 27 heavy (non-hydrogen) atoms. The summed E-state index contributed by atoms with van der Waals surface area (Å²) >= 11 is 1.56. The molecule has 0 bridgehead atoms. The summed E-state index contributed by atoms with van der Waals surface area (Å²) < 4.78 is 6.38. The van der Waals surface area contributed by atoms with Gasteiger partial charge in [-0.25, -0.2) is 0 Å². The summed E-state index contributed by atoms with van der Waals surface area (Å²) in [6.07, 6.45) is -0.343. The van der Waals surface area contributed by atoms with Gasteiger partial charge >= 0.3 is 0 Å². The molecule has 0 saturated carbocycles. The van der Waals surface area contributed by atoms with E-state index < -0.39 is 0 Å². The van der Waals surface area contributed by atoms with E-state index in [1.807, 2.05) is 24.3 Å². The first-order valence-electron chi connectivity index (χ1n) is 9.04. The SMILES string of the molecule is CCSc1nnc2c(n1)O[C@H](c1c(C)cc(C)cc1C)Nc1ccccc1-2. The Morgan fingerprint density at radius 2 is 1.81 bits per heavy atom.